The van der Waals surface area contributed by atoms with Gasteiger partial charge in [0.2, 0.25) is 5.78 Å². The van der Waals surface area contributed by atoms with Gasteiger partial charge in [0, 0.05) is 5.39 Å². The number of furan rings is 1. The van der Waals surface area contributed by atoms with E-state index in [2.05, 4.69) is 4.98 Å². The number of carbonyl (C=O) groups is 2. The van der Waals surface area contributed by atoms with Gasteiger partial charge in [-0.1, -0.05) is 54.7 Å². The van der Waals surface area contributed by atoms with Crippen molar-refractivity contribution in [1.29, 1.82) is 0 Å². The Kier molecular flexibility index (Phi) is 5.96. The van der Waals surface area contributed by atoms with Crippen LogP contribution in [0.2, 0.25) is 0 Å². The van der Waals surface area contributed by atoms with Gasteiger partial charge >= 0.3 is 0 Å². The number of fused-ring (bicyclic) bond motifs is 2. The number of rotatable bonds is 7. The van der Waals surface area contributed by atoms with E-state index in [0.29, 0.717) is 28.6 Å². The molecular weight excluding hydrogens is 500 g/mol. The smallest absolute Gasteiger partial charge is 0.296 e. The number of anilines is 1. The molecule has 0 fully saturated rings. The van der Waals surface area contributed by atoms with Crippen LogP contribution >= 0.6 is 11.3 Å². The highest BCUT2D eigenvalue weighted by atomic mass is 32.1. The van der Waals surface area contributed by atoms with E-state index >= 15 is 0 Å². The fourth-order valence-electron chi connectivity index (χ4n) is 4.67. The summed E-state index contributed by atoms with van der Waals surface area (Å²) in [6.07, 6.45) is 0.872. The topological polar surface area (TPSA) is 92.9 Å². The minimum atomic E-state index is -0.898. The van der Waals surface area contributed by atoms with Crippen LogP contribution in [0.3, 0.4) is 0 Å². The number of ether oxygens (including phenoxy) is 1. The number of hydrogen-bond acceptors (Lipinski definition) is 7. The molecule has 0 saturated carbocycles. The van der Waals surface area contributed by atoms with E-state index in [1.807, 2.05) is 50.2 Å². The van der Waals surface area contributed by atoms with Crippen LogP contribution in [0.25, 0.3) is 21.2 Å². The third-order valence-electron chi connectivity index (χ3n) is 6.51. The SMILES string of the molecule is CCCOc1ccc([C@@H]2C(C(=O)c3cc4ccccc4o3)=C(O)C(=O)N2c2nc3ccc(C)cc3s2)cc1. The molecule has 0 radical (unpaired) electrons. The third kappa shape index (κ3) is 4.03. The summed E-state index contributed by atoms with van der Waals surface area (Å²) in [6, 6.07) is 21.1. The molecule has 3 heterocycles. The summed E-state index contributed by atoms with van der Waals surface area (Å²) in [5, 5.41) is 12.2. The lowest BCUT2D eigenvalue weighted by Crippen LogP contribution is -2.30. The molecular formula is C30H24N2O5S. The van der Waals surface area contributed by atoms with Gasteiger partial charge in [0.1, 0.15) is 11.3 Å². The highest BCUT2D eigenvalue weighted by Gasteiger charge is 2.46. The van der Waals surface area contributed by atoms with Crippen LogP contribution in [0, 0.1) is 6.92 Å². The fourth-order valence-corrected chi connectivity index (χ4v) is 5.76. The lowest BCUT2D eigenvalue weighted by Gasteiger charge is -2.24. The lowest BCUT2D eigenvalue weighted by molar-refractivity contribution is -0.117. The summed E-state index contributed by atoms with van der Waals surface area (Å²) < 4.78 is 12.4. The zero-order chi connectivity index (χ0) is 26.4. The predicted octanol–water partition coefficient (Wildman–Crippen LogP) is 6.92. The third-order valence-corrected chi connectivity index (χ3v) is 7.53. The molecule has 1 amide bonds. The molecule has 0 bridgehead atoms. The summed E-state index contributed by atoms with van der Waals surface area (Å²) in [7, 11) is 0. The number of para-hydroxylation sites is 1. The van der Waals surface area contributed by atoms with Gasteiger partial charge < -0.3 is 14.3 Å². The van der Waals surface area contributed by atoms with Gasteiger partial charge in [-0.3, -0.25) is 14.5 Å². The monoisotopic (exact) mass is 524 g/mol. The standard InChI is InChI=1S/C30H24N2O5S/c1-3-14-36-20-11-9-18(10-12-20)26-25(27(33)23-16-19-6-4-5-7-22(19)37-23)28(34)29(35)32(26)30-31-21-13-8-17(2)15-24(21)38-30/h4-13,15-16,26,34H,3,14H2,1-2H3/t26-/m1/s1. The molecule has 8 heteroatoms. The zero-order valence-corrected chi connectivity index (χ0v) is 21.6. The van der Waals surface area contributed by atoms with Crippen LogP contribution in [0.5, 0.6) is 5.75 Å². The first kappa shape index (κ1) is 23.9. The number of benzene rings is 3. The number of aliphatic hydroxyl groups excluding tert-OH is 1. The average Bonchev–Trinajstić information content (AvgIpc) is 3.61. The number of aryl methyl sites for hydroxylation is 1. The summed E-state index contributed by atoms with van der Waals surface area (Å²) in [6.45, 7) is 4.59. The predicted molar refractivity (Wildman–Crippen MR) is 147 cm³/mol. The van der Waals surface area contributed by atoms with Crippen molar-refractivity contribution >= 4 is 49.3 Å². The molecule has 1 atom stereocenters. The van der Waals surface area contributed by atoms with Gasteiger partial charge in [0.25, 0.3) is 5.91 Å². The van der Waals surface area contributed by atoms with Crippen molar-refractivity contribution in [3.05, 3.63) is 101 Å². The molecule has 38 heavy (non-hydrogen) atoms. The Morgan fingerprint density at radius 2 is 1.89 bits per heavy atom. The second-order valence-electron chi connectivity index (χ2n) is 9.20. The first-order valence-corrected chi connectivity index (χ1v) is 13.2. The second-order valence-corrected chi connectivity index (χ2v) is 10.2. The first-order valence-electron chi connectivity index (χ1n) is 12.3. The van der Waals surface area contributed by atoms with Gasteiger partial charge in [-0.15, -0.1) is 0 Å². The van der Waals surface area contributed by atoms with Crippen molar-refractivity contribution in [2.45, 2.75) is 26.3 Å². The number of thiazole rings is 1. The van der Waals surface area contributed by atoms with Gasteiger partial charge in [-0.2, -0.15) is 0 Å². The van der Waals surface area contributed by atoms with E-state index in [0.717, 1.165) is 27.6 Å². The van der Waals surface area contributed by atoms with Crippen molar-refractivity contribution in [3.63, 3.8) is 0 Å². The van der Waals surface area contributed by atoms with Crippen LogP contribution in [0.4, 0.5) is 5.13 Å². The Balaban J connectivity index is 1.47. The van der Waals surface area contributed by atoms with E-state index in [4.69, 9.17) is 9.15 Å². The van der Waals surface area contributed by atoms with E-state index in [1.54, 1.807) is 36.4 Å². The minimum absolute atomic E-state index is 0.0493. The molecule has 7 nitrogen and oxygen atoms in total. The number of Topliss-reactive ketones (excluding diaryl/α,β-unsaturated/α-hetero) is 1. The second kappa shape index (κ2) is 9.46. The fraction of sp³-hybridized carbons (Fsp3) is 0.167. The van der Waals surface area contributed by atoms with Crippen LogP contribution in [0.1, 0.15) is 41.1 Å². The molecule has 5 aromatic rings. The highest BCUT2D eigenvalue weighted by molar-refractivity contribution is 7.22. The summed E-state index contributed by atoms with van der Waals surface area (Å²) >= 11 is 1.34. The molecule has 190 valence electrons. The summed E-state index contributed by atoms with van der Waals surface area (Å²) in [5.41, 5.74) is 2.95. The maximum absolute atomic E-state index is 13.8. The Bertz CT molecular complexity index is 1700. The van der Waals surface area contributed by atoms with E-state index in [1.165, 1.54) is 16.2 Å². The van der Waals surface area contributed by atoms with Crippen LogP contribution in [0.15, 0.2) is 88.5 Å². The quantitative estimate of drug-likeness (QED) is 0.232. The average molecular weight is 525 g/mol. The Morgan fingerprint density at radius 3 is 2.66 bits per heavy atom. The number of aliphatic hydroxyl groups is 1. The lowest BCUT2D eigenvalue weighted by atomic mass is 9.95. The molecule has 6 rings (SSSR count). The van der Waals surface area contributed by atoms with Crippen molar-refractivity contribution in [2.75, 3.05) is 11.5 Å². The maximum Gasteiger partial charge on any atom is 0.296 e. The number of carbonyl (C=O) groups excluding carboxylic acids is 2. The van der Waals surface area contributed by atoms with Crippen LogP contribution in [-0.4, -0.2) is 28.4 Å². The molecule has 0 spiro atoms. The van der Waals surface area contributed by atoms with Gasteiger partial charge in [0.15, 0.2) is 16.7 Å². The molecule has 1 N–H and O–H groups in total. The zero-order valence-electron chi connectivity index (χ0n) is 20.8. The van der Waals surface area contributed by atoms with Gasteiger partial charge in [-0.25, -0.2) is 4.98 Å². The van der Waals surface area contributed by atoms with Gasteiger partial charge in [-0.05, 0) is 60.9 Å². The molecule has 2 aromatic heterocycles. The van der Waals surface area contributed by atoms with E-state index in [-0.39, 0.29) is 11.3 Å². The van der Waals surface area contributed by atoms with E-state index < -0.39 is 23.5 Å². The van der Waals surface area contributed by atoms with Crippen LogP contribution < -0.4 is 9.64 Å². The number of aromatic nitrogens is 1. The maximum atomic E-state index is 13.8. The molecule has 1 aliphatic rings. The summed E-state index contributed by atoms with van der Waals surface area (Å²) in [5.74, 6) is -1.11. The molecule has 0 aliphatic carbocycles. The number of nitrogens with zero attached hydrogens (tertiary/aromatic N) is 2. The first-order chi connectivity index (χ1) is 18.4. The number of amides is 1. The van der Waals surface area contributed by atoms with E-state index in [9.17, 15) is 14.7 Å². The number of hydrogen-bond donors (Lipinski definition) is 1. The van der Waals surface area contributed by atoms with Gasteiger partial charge in [0.05, 0.1) is 28.4 Å². The van der Waals surface area contributed by atoms with Crippen molar-refractivity contribution in [2.24, 2.45) is 0 Å². The Morgan fingerprint density at radius 1 is 1.11 bits per heavy atom. The number of ketones is 1. The molecule has 0 unspecified atom stereocenters. The van der Waals surface area contributed by atoms with Crippen LogP contribution in [-0.2, 0) is 4.79 Å². The van der Waals surface area contributed by atoms with Crippen molar-refractivity contribution < 1.29 is 23.8 Å². The normalized spacial score (nSPS) is 15.7. The van der Waals surface area contributed by atoms with Crippen molar-refractivity contribution in [1.82, 2.24) is 4.98 Å². The molecule has 3 aromatic carbocycles. The highest BCUT2D eigenvalue weighted by Crippen LogP contribution is 2.44. The Hall–Kier alpha value is -4.43. The molecule has 0 saturated heterocycles. The molecule has 1 aliphatic heterocycles. The Labute approximate surface area is 222 Å². The van der Waals surface area contributed by atoms with Crippen molar-refractivity contribution in [3.8, 4) is 5.75 Å². The summed E-state index contributed by atoms with van der Waals surface area (Å²) in [4.78, 5) is 33.4. The minimum Gasteiger partial charge on any atom is -0.503 e. The largest absolute Gasteiger partial charge is 0.503 e.